The van der Waals surface area contributed by atoms with Gasteiger partial charge in [-0.15, -0.1) is 0 Å². The zero-order valence-corrected chi connectivity index (χ0v) is 15.0. The molecule has 0 aliphatic carbocycles. The number of likely N-dealkylation sites (N-methyl/N-ethyl adjacent to an activating group) is 1. The third kappa shape index (κ3) is 4.57. The third-order valence-electron chi connectivity index (χ3n) is 4.50. The van der Waals surface area contributed by atoms with E-state index < -0.39 is 10.0 Å². The number of hydrogen-bond acceptors (Lipinski definition) is 3. The summed E-state index contributed by atoms with van der Waals surface area (Å²) in [5, 5.41) is 0. The molecule has 22 heavy (non-hydrogen) atoms. The van der Waals surface area contributed by atoms with E-state index in [0.29, 0.717) is 25.0 Å². The summed E-state index contributed by atoms with van der Waals surface area (Å²) in [5.74, 6) is 0.700. The second-order valence-corrected chi connectivity index (χ2v) is 8.84. The van der Waals surface area contributed by atoms with Gasteiger partial charge >= 0.3 is 0 Å². The molecule has 1 unspecified atom stereocenters. The Morgan fingerprint density at radius 1 is 1.41 bits per heavy atom. The fourth-order valence-electron chi connectivity index (χ4n) is 2.96. The van der Waals surface area contributed by atoms with Gasteiger partial charge in [-0.25, -0.2) is 12.7 Å². The average molecular weight is 327 g/mol. The van der Waals surface area contributed by atoms with Gasteiger partial charge in [-0.2, -0.15) is 0 Å². The van der Waals surface area contributed by atoms with Gasteiger partial charge in [0, 0.05) is 44.1 Å². The van der Waals surface area contributed by atoms with Gasteiger partial charge in [0.25, 0.3) is 0 Å². The normalized spacial score (nSPS) is 20.4. The Kier molecular flexibility index (Phi) is 5.69. The topological polar surface area (TPSA) is 45.5 Å². The van der Waals surface area contributed by atoms with Crippen LogP contribution in [0.3, 0.4) is 0 Å². The Balaban J connectivity index is 1.93. The van der Waals surface area contributed by atoms with E-state index in [1.807, 2.05) is 0 Å². The van der Waals surface area contributed by atoms with E-state index in [4.69, 9.17) is 0 Å². The average Bonchev–Trinajstić information content (AvgIpc) is 3.04. The molecule has 0 amide bonds. The van der Waals surface area contributed by atoms with E-state index in [2.05, 4.69) is 48.7 Å². The van der Waals surface area contributed by atoms with Crippen LogP contribution in [0.5, 0.6) is 0 Å². The Morgan fingerprint density at radius 2 is 2.14 bits per heavy atom. The van der Waals surface area contributed by atoms with E-state index >= 15 is 0 Å². The molecule has 0 saturated carbocycles. The number of aromatic nitrogens is 1. The Labute approximate surface area is 135 Å². The molecular formula is C16H29N3O2S. The van der Waals surface area contributed by atoms with E-state index in [-0.39, 0.29) is 0 Å². The monoisotopic (exact) mass is 327 g/mol. The minimum atomic E-state index is -3.06. The molecular weight excluding hydrogens is 298 g/mol. The van der Waals surface area contributed by atoms with Crippen molar-refractivity contribution in [3.8, 4) is 0 Å². The van der Waals surface area contributed by atoms with Crippen molar-refractivity contribution in [1.29, 1.82) is 0 Å². The van der Waals surface area contributed by atoms with Crippen LogP contribution in [0.4, 0.5) is 0 Å². The summed E-state index contributed by atoms with van der Waals surface area (Å²) >= 11 is 0. The van der Waals surface area contributed by atoms with Crippen molar-refractivity contribution in [2.75, 3.05) is 26.4 Å². The molecule has 0 N–H and O–H groups in total. The fourth-order valence-corrected chi connectivity index (χ4v) is 3.84. The van der Waals surface area contributed by atoms with Crippen LogP contribution in [-0.4, -0.2) is 54.6 Å². The number of rotatable bonds is 7. The van der Waals surface area contributed by atoms with Crippen molar-refractivity contribution in [2.24, 2.45) is 5.92 Å². The number of nitrogens with zero attached hydrogens (tertiary/aromatic N) is 3. The molecule has 1 aromatic rings. The number of aryl methyl sites for hydroxylation is 1. The van der Waals surface area contributed by atoms with Crippen LogP contribution in [0.15, 0.2) is 18.3 Å². The molecule has 1 aliphatic heterocycles. The maximum Gasteiger partial charge on any atom is 0.211 e. The molecule has 1 aliphatic rings. The van der Waals surface area contributed by atoms with Crippen molar-refractivity contribution in [3.05, 3.63) is 24.0 Å². The van der Waals surface area contributed by atoms with Crippen molar-refractivity contribution >= 4 is 10.0 Å². The summed E-state index contributed by atoms with van der Waals surface area (Å²) in [4.78, 5) is 2.28. The van der Waals surface area contributed by atoms with Crippen LogP contribution in [0, 0.1) is 5.92 Å². The Bertz CT molecular complexity index is 580. The first-order valence-electron chi connectivity index (χ1n) is 8.06. The highest BCUT2D eigenvalue weighted by molar-refractivity contribution is 7.88. The van der Waals surface area contributed by atoms with E-state index in [0.717, 1.165) is 19.5 Å². The molecule has 0 radical (unpaired) electrons. The first-order chi connectivity index (χ1) is 10.3. The lowest BCUT2D eigenvalue weighted by Crippen LogP contribution is -2.36. The second kappa shape index (κ2) is 7.15. The van der Waals surface area contributed by atoms with E-state index in [1.54, 1.807) is 4.31 Å². The minimum Gasteiger partial charge on any atom is -0.350 e. The molecule has 0 spiro atoms. The summed E-state index contributed by atoms with van der Waals surface area (Å²) < 4.78 is 27.2. The van der Waals surface area contributed by atoms with Gasteiger partial charge in [0.1, 0.15) is 0 Å². The lowest BCUT2D eigenvalue weighted by molar-refractivity contribution is 0.235. The number of hydrogen-bond donors (Lipinski definition) is 0. The first-order valence-corrected chi connectivity index (χ1v) is 9.91. The van der Waals surface area contributed by atoms with Gasteiger partial charge in [0.2, 0.25) is 10.0 Å². The predicted octanol–water partition coefficient (Wildman–Crippen LogP) is 2.00. The summed E-state index contributed by atoms with van der Waals surface area (Å²) in [6.07, 6.45) is 5.53. The summed E-state index contributed by atoms with van der Waals surface area (Å²) in [6.45, 7) is 7.66. The molecule has 126 valence electrons. The van der Waals surface area contributed by atoms with Crippen LogP contribution in [-0.2, 0) is 23.1 Å². The van der Waals surface area contributed by atoms with Gasteiger partial charge in [0.15, 0.2) is 0 Å². The van der Waals surface area contributed by atoms with Crippen LogP contribution < -0.4 is 0 Å². The largest absolute Gasteiger partial charge is 0.350 e. The summed E-state index contributed by atoms with van der Waals surface area (Å²) in [6, 6.07) is 4.57. The highest BCUT2D eigenvalue weighted by Gasteiger charge is 2.30. The molecule has 1 atom stereocenters. The predicted molar refractivity (Wildman–Crippen MR) is 90.2 cm³/mol. The van der Waals surface area contributed by atoms with E-state index in [9.17, 15) is 8.42 Å². The van der Waals surface area contributed by atoms with Crippen LogP contribution in [0.1, 0.15) is 32.4 Å². The maximum atomic E-state index is 11.6. The van der Waals surface area contributed by atoms with Crippen molar-refractivity contribution < 1.29 is 8.42 Å². The highest BCUT2D eigenvalue weighted by atomic mass is 32.2. The smallest absolute Gasteiger partial charge is 0.211 e. The summed E-state index contributed by atoms with van der Waals surface area (Å²) in [5.41, 5.74) is 1.31. The molecule has 0 bridgehead atoms. The molecule has 5 nitrogen and oxygen atoms in total. The van der Waals surface area contributed by atoms with Crippen LogP contribution >= 0.6 is 0 Å². The SMILES string of the molecule is CC(C)CCn1cccc1CN(C)C1CCN(S(C)(=O)=O)C1. The highest BCUT2D eigenvalue weighted by Crippen LogP contribution is 2.19. The van der Waals surface area contributed by atoms with Gasteiger partial charge in [-0.3, -0.25) is 4.90 Å². The minimum absolute atomic E-state index is 0.308. The zero-order chi connectivity index (χ0) is 16.3. The number of sulfonamides is 1. The standard InChI is InChI=1S/C16H29N3O2S/c1-14(2)7-10-18-9-5-6-16(18)12-17(3)15-8-11-19(13-15)22(4,20)21/h5-6,9,14-15H,7-8,10-13H2,1-4H3. The van der Waals surface area contributed by atoms with Crippen LogP contribution in [0.2, 0.25) is 0 Å². The molecule has 0 aromatic carbocycles. The zero-order valence-electron chi connectivity index (χ0n) is 14.2. The Morgan fingerprint density at radius 3 is 2.73 bits per heavy atom. The second-order valence-electron chi connectivity index (χ2n) is 6.85. The van der Waals surface area contributed by atoms with Gasteiger partial charge in [-0.05, 0) is 37.9 Å². The molecule has 1 aromatic heterocycles. The molecule has 6 heteroatoms. The quantitative estimate of drug-likeness (QED) is 0.769. The van der Waals surface area contributed by atoms with Crippen LogP contribution in [0.25, 0.3) is 0 Å². The lowest BCUT2D eigenvalue weighted by Gasteiger charge is -2.25. The van der Waals surface area contributed by atoms with Gasteiger partial charge < -0.3 is 4.57 Å². The fraction of sp³-hybridized carbons (Fsp3) is 0.750. The molecule has 2 heterocycles. The van der Waals surface area contributed by atoms with E-state index in [1.165, 1.54) is 18.4 Å². The lowest BCUT2D eigenvalue weighted by atomic mass is 10.1. The van der Waals surface area contributed by atoms with Gasteiger partial charge in [0.05, 0.1) is 6.26 Å². The van der Waals surface area contributed by atoms with Gasteiger partial charge in [-0.1, -0.05) is 13.8 Å². The molecule has 2 rings (SSSR count). The Hall–Kier alpha value is -0.850. The maximum absolute atomic E-state index is 11.6. The van der Waals surface area contributed by atoms with Crippen molar-refractivity contribution in [2.45, 2.75) is 45.8 Å². The van der Waals surface area contributed by atoms with Crippen molar-refractivity contribution in [1.82, 2.24) is 13.8 Å². The summed E-state index contributed by atoms with van der Waals surface area (Å²) in [7, 11) is -0.962. The first kappa shape index (κ1) is 17.5. The van der Waals surface area contributed by atoms with Crippen molar-refractivity contribution in [3.63, 3.8) is 0 Å². The third-order valence-corrected chi connectivity index (χ3v) is 5.77. The molecule has 1 fully saturated rings. The molecule has 1 saturated heterocycles.